The molecule has 0 unspecified atom stereocenters. The van der Waals surface area contributed by atoms with Gasteiger partial charge in [-0.25, -0.2) is 18.7 Å². The van der Waals surface area contributed by atoms with E-state index in [0.717, 1.165) is 12.1 Å². The Kier molecular flexibility index (Phi) is 2.22. The number of hydrogen-bond donors (Lipinski definition) is 2. The first-order chi connectivity index (χ1) is 8.63. The molecule has 18 heavy (non-hydrogen) atoms. The van der Waals surface area contributed by atoms with Crippen molar-refractivity contribution in [1.82, 2.24) is 15.0 Å². The van der Waals surface area contributed by atoms with Crippen LogP contribution in [0.25, 0.3) is 22.4 Å². The number of imidazole rings is 1. The Hall–Kier alpha value is -2.50. The van der Waals surface area contributed by atoms with E-state index in [1.807, 2.05) is 0 Å². The summed E-state index contributed by atoms with van der Waals surface area (Å²) in [5, 5.41) is 0. The standard InChI is InChI=1S/C12H8F2N4/c13-7-4-9-10(5-8(7)14)18-12(17-9)6-1-2-16-11(15)3-6/h1-5H,(H2,15,16)(H,17,18). The third-order valence-corrected chi connectivity index (χ3v) is 2.58. The second-order valence-corrected chi connectivity index (χ2v) is 3.84. The molecular formula is C12H8F2N4. The highest BCUT2D eigenvalue weighted by atomic mass is 19.2. The lowest BCUT2D eigenvalue weighted by molar-refractivity contribution is 0.510. The van der Waals surface area contributed by atoms with Gasteiger partial charge in [0.1, 0.15) is 11.6 Å². The van der Waals surface area contributed by atoms with Crippen molar-refractivity contribution in [2.24, 2.45) is 0 Å². The highest BCUT2D eigenvalue weighted by molar-refractivity contribution is 5.79. The Morgan fingerprint density at radius 3 is 2.67 bits per heavy atom. The molecule has 3 N–H and O–H groups in total. The molecule has 0 aliphatic heterocycles. The smallest absolute Gasteiger partial charge is 0.161 e. The first-order valence-corrected chi connectivity index (χ1v) is 5.20. The first kappa shape index (κ1) is 10.6. The molecule has 6 heteroatoms. The number of fused-ring (bicyclic) bond motifs is 1. The highest BCUT2D eigenvalue weighted by Gasteiger charge is 2.10. The van der Waals surface area contributed by atoms with Crippen molar-refractivity contribution in [2.75, 3.05) is 5.73 Å². The van der Waals surface area contributed by atoms with Crippen LogP contribution in [-0.4, -0.2) is 15.0 Å². The molecule has 0 amide bonds. The Labute approximate surface area is 100 Å². The minimum absolute atomic E-state index is 0.352. The molecule has 0 spiro atoms. The van der Waals surface area contributed by atoms with Gasteiger partial charge in [-0.05, 0) is 12.1 Å². The molecule has 0 saturated heterocycles. The molecule has 0 fully saturated rings. The molecule has 3 rings (SSSR count). The quantitative estimate of drug-likeness (QED) is 0.693. The van der Waals surface area contributed by atoms with Gasteiger partial charge in [0, 0.05) is 23.9 Å². The van der Waals surface area contributed by atoms with E-state index in [1.54, 1.807) is 18.3 Å². The zero-order valence-corrected chi connectivity index (χ0v) is 9.11. The molecular weight excluding hydrogens is 238 g/mol. The van der Waals surface area contributed by atoms with Crippen molar-refractivity contribution < 1.29 is 8.78 Å². The number of pyridine rings is 1. The van der Waals surface area contributed by atoms with Crippen LogP contribution in [0.5, 0.6) is 0 Å². The fraction of sp³-hybridized carbons (Fsp3) is 0. The normalized spacial score (nSPS) is 11.0. The molecule has 0 saturated carbocycles. The van der Waals surface area contributed by atoms with Crippen LogP contribution in [0.3, 0.4) is 0 Å². The summed E-state index contributed by atoms with van der Waals surface area (Å²) in [6, 6.07) is 5.46. The summed E-state index contributed by atoms with van der Waals surface area (Å²) < 4.78 is 26.1. The summed E-state index contributed by atoms with van der Waals surface area (Å²) in [6.07, 6.45) is 1.54. The van der Waals surface area contributed by atoms with Gasteiger partial charge in [-0.1, -0.05) is 0 Å². The molecule has 0 radical (unpaired) electrons. The maximum atomic E-state index is 13.1. The van der Waals surface area contributed by atoms with Crippen molar-refractivity contribution >= 4 is 16.9 Å². The van der Waals surface area contributed by atoms with Gasteiger partial charge in [0.15, 0.2) is 11.6 Å². The summed E-state index contributed by atoms with van der Waals surface area (Å²) in [5.41, 5.74) is 7.06. The van der Waals surface area contributed by atoms with Gasteiger partial charge >= 0.3 is 0 Å². The fourth-order valence-electron chi connectivity index (χ4n) is 1.74. The minimum atomic E-state index is -0.921. The number of halogens is 2. The molecule has 4 nitrogen and oxygen atoms in total. The molecule has 0 atom stereocenters. The number of H-pyrrole nitrogens is 1. The first-order valence-electron chi connectivity index (χ1n) is 5.20. The minimum Gasteiger partial charge on any atom is -0.384 e. The number of nitrogens with two attached hydrogens (primary N) is 1. The lowest BCUT2D eigenvalue weighted by Gasteiger charge is -1.96. The van der Waals surface area contributed by atoms with Gasteiger partial charge in [0.05, 0.1) is 11.0 Å². The monoisotopic (exact) mass is 246 g/mol. The number of benzene rings is 1. The number of anilines is 1. The molecule has 0 bridgehead atoms. The van der Waals surface area contributed by atoms with Crippen molar-refractivity contribution in [2.45, 2.75) is 0 Å². The van der Waals surface area contributed by atoms with Crippen molar-refractivity contribution in [3.8, 4) is 11.4 Å². The third-order valence-electron chi connectivity index (χ3n) is 2.58. The number of hydrogen-bond acceptors (Lipinski definition) is 3. The zero-order valence-electron chi connectivity index (χ0n) is 9.11. The zero-order chi connectivity index (χ0) is 12.7. The Bertz CT molecular complexity index is 697. The molecule has 90 valence electrons. The molecule has 2 aromatic heterocycles. The average molecular weight is 246 g/mol. The number of aromatic nitrogens is 3. The fourth-order valence-corrected chi connectivity index (χ4v) is 1.74. The summed E-state index contributed by atoms with van der Waals surface area (Å²) in [4.78, 5) is 11.0. The van der Waals surface area contributed by atoms with E-state index in [-0.39, 0.29) is 0 Å². The second-order valence-electron chi connectivity index (χ2n) is 3.84. The predicted molar refractivity (Wildman–Crippen MR) is 63.7 cm³/mol. The van der Waals surface area contributed by atoms with Crippen LogP contribution in [0, 0.1) is 11.6 Å². The third kappa shape index (κ3) is 1.67. The van der Waals surface area contributed by atoms with Gasteiger partial charge < -0.3 is 10.7 Å². The van der Waals surface area contributed by atoms with Crippen LogP contribution in [0.4, 0.5) is 14.6 Å². The summed E-state index contributed by atoms with van der Waals surface area (Å²) >= 11 is 0. The van der Waals surface area contributed by atoms with Crippen LogP contribution >= 0.6 is 0 Å². The van der Waals surface area contributed by atoms with Crippen molar-refractivity contribution in [3.05, 3.63) is 42.1 Å². The van der Waals surface area contributed by atoms with E-state index in [2.05, 4.69) is 15.0 Å². The van der Waals surface area contributed by atoms with E-state index in [9.17, 15) is 8.78 Å². The topological polar surface area (TPSA) is 67.6 Å². The van der Waals surface area contributed by atoms with Crippen molar-refractivity contribution in [3.63, 3.8) is 0 Å². The number of rotatable bonds is 1. The number of nitrogens with zero attached hydrogens (tertiary/aromatic N) is 2. The van der Waals surface area contributed by atoms with Crippen LogP contribution in [0.15, 0.2) is 30.5 Å². The Balaban J connectivity index is 2.19. The van der Waals surface area contributed by atoms with Crippen LogP contribution in [-0.2, 0) is 0 Å². The van der Waals surface area contributed by atoms with Gasteiger partial charge in [-0.15, -0.1) is 0 Å². The van der Waals surface area contributed by atoms with E-state index >= 15 is 0 Å². The van der Waals surface area contributed by atoms with Crippen LogP contribution in [0.1, 0.15) is 0 Å². The maximum Gasteiger partial charge on any atom is 0.161 e. The molecule has 0 aliphatic carbocycles. The van der Waals surface area contributed by atoms with Gasteiger partial charge in [0.2, 0.25) is 0 Å². The van der Waals surface area contributed by atoms with Crippen LogP contribution < -0.4 is 5.73 Å². The van der Waals surface area contributed by atoms with E-state index in [1.165, 1.54) is 0 Å². The van der Waals surface area contributed by atoms with E-state index < -0.39 is 11.6 Å². The SMILES string of the molecule is Nc1cc(-c2nc3cc(F)c(F)cc3[nH]2)ccn1. The number of nitrogen functional groups attached to an aromatic ring is 1. The molecule has 0 aliphatic rings. The Morgan fingerprint density at radius 1 is 1.11 bits per heavy atom. The highest BCUT2D eigenvalue weighted by Crippen LogP contribution is 2.22. The van der Waals surface area contributed by atoms with E-state index in [4.69, 9.17) is 5.73 Å². The van der Waals surface area contributed by atoms with Crippen LogP contribution in [0.2, 0.25) is 0 Å². The average Bonchev–Trinajstić information content (AvgIpc) is 2.73. The second kappa shape index (κ2) is 3.76. The Morgan fingerprint density at radius 2 is 1.89 bits per heavy atom. The predicted octanol–water partition coefficient (Wildman–Crippen LogP) is 2.49. The summed E-state index contributed by atoms with van der Waals surface area (Å²) in [5.74, 6) is -0.990. The van der Waals surface area contributed by atoms with Gasteiger partial charge in [0.25, 0.3) is 0 Å². The van der Waals surface area contributed by atoms with Gasteiger partial charge in [-0.3, -0.25) is 0 Å². The summed E-state index contributed by atoms with van der Waals surface area (Å²) in [6.45, 7) is 0. The largest absolute Gasteiger partial charge is 0.384 e. The molecule has 2 heterocycles. The summed E-state index contributed by atoms with van der Waals surface area (Å²) in [7, 11) is 0. The number of aromatic amines is 1. The molecule has 3 aromatic rings. The molecule has 1 aromatic carbocycles. The maximum absolute atomic E-state index is 13.1. The number of nitrogens with one attached hydrogen (secondary N) is 1. The lowest BCUT2D eigenvalue weighted by atomic mass is 10.2. The van der Waals surface area contributed by atoms with Crippen molar-refractivity contribution in [1.29, 1.82) is 0 Å². The lowest BCUT2D eigenvalue weighted by Crippen LogP contribution is -1.90. The van der Waals surface area contributed by atoms with Gasteiger partial charge in [-0.2, -0.15) is 0 Å². The van der Waals surface area contributed by atoms with E-state index in [0.29, 0.717) is 28.2 Å².